The van der Waals surface area contributed by atoms with Crippen molar-refractivity contribution in [2.75, 3.05) is 0 Å². The van der Waals surface area contributed by atoms with Crippen molar-refractivity contribution in [3.05, 3.63) is 71.5 Å². The van der Waals surface area contributed by atoms with Gasteiger partial charge < -0.3 is 9.55 Å². The molecule has 2 atom stereocenters. The third kappa shape index (κ3) is 2.06. The number of Topliss-reactive ketones (excluding diaryl/α,β-unsaturated/α-hetero) is 2. The van der Waals surface area contributed by atoms with Gasteiger partial charge in [-0.3, -0.25) is 9.59 Å². The van der Waals surface area contributed by atoms with Crippen LogP contribution in [0.25, 0.3) is 21.8 Å². The molecule has 0 bridgehead atoms. The minimum absolute atomic E-state index is 0.0290. The van der Waals surface area contributed by atoms with E-state index < -0.39 is 11.8 Å². The number of carbonyl (C=O) groups is 2. The van der Waals surface area contributed by atoms with Gasteiger partial charge in [0.15, 0.2) is 0 Å². The molecule has 1 fully saturated rings. The summed E-state index contributed by atoms with van der Waals surface area (Å²) in [7, 11) is 0. The van der Waals surface area contributed by atoms with Crippen molar-refractivity contribution in [2.45, 2.75) is 37.6 Å². The Labute approximate surface area is 162 Å². The fourth-order valence-electron chi connectivity index (χ4n) is 5.35. The lowest BCUT2D eigenvalue weighted by atomic mass is 9.83. The van der Waals surface area contributed by atoms with Gasteiger partial charge in [-0.25, -0.2) is 0 Å². The highest BCUT2D eigenvalue weighted by atomic mass is 16.2. The fourth-order valence-corrected chi connectivity index (χ4v) is 5.35. The first-order valence-electron chi connectivity index (χ1n) is 9.94. The Kier molecular flexibility index (Phi) is 3.22. The lowest BCUT2D eigenvalue weighted by Gasteiger charge is -2.17. The number of aryl methyl sites for hydroxylation is 2. The predicted octanol–water partition coefficient (Wildman–Crippen LogP) is 4.48. The van der Waals surface area contributed by atoms with Gasteiger partial charge in [-0.05, 0) is 35.6 Å². The molecule has 0 spiro atoms. The van der Waals surface area contributed by atoms with Gasteiger partial charge in [-0.1, -0.05) is 36.4 Å². The quantitative estimate of drug-likeness (QED) is 0.531. The maximum atomic E-state index is 13.0. The van der Waals surface area contributed by atoms with E-state index in [-0.39, 0.29) is 18.0 Å². The Hall–Kier alpha value is -3.14. The van der Waals surface area contributed by atoms with Crippen LogP contribution in [0.15, 0.2) is 54.9 Å². The summed E-state index contributed by atoms with van der Waals surface area (Å²) < 4.78 is 2.28. The van der Waals surface area contributed by atoms with E-state index in [0.717, 1.165) is 46.8 Å². The maximum Gasteiger partial charge on any atom is 0.148 e. The first kappa shape index (κ1) is 15.9. The predicted molar refractivity (Wildman–Crippen MR) is 109 cm³/mol. The van der Waals surface area contributed by atoms with E-state index in [2.05, 4.69) is 33.9 Å². The molecule has 3 heterocycles. The fraction of sp³-hybridized carbons (Fsp3) is 0.250. The first-order valence-corrected chi connectivity index (χ1v) is 9.94. The van der Waals surface area contributed by atoms with Crippen molar-refractivity contribution >= 4 is 33.4 Å². The Morgan fingerprint density at radius 3 is 2.57 bits per heavy atom. The van der Waals surface area contributed by atoms with Crippen molar-refractivity contribution < 1.29 is 9.59 Å². The number of fused-ring (bicyclic) bond motifs is 1. The van der Waals surface area contributed by atoms with Gasteiger partial charge in [0.25, 0.3) is 0 Å². The Morgan fingerprint density at radius 1 is 0.893 bits per heavy atom. The molecular formula is C24H20N2O2. The molecule has 1 N–H and O–H groups in total. The normalized spacial score (nSPS) is 21.9. The van der Waals surface area contributed by atoms with Crippen LogP contribution in [0.3, 0.4) is 0 Å². The van der Waals surface area contributed by atoms with Gasteiger partial charge >= 0.3 is 0 Å². The smallest absolute Gasteiger partial charge is 0.148 e. The molecule has 2 aromatic heterocycles. The van der Waals surface area contributed by atoms with E-state index in [1.165, 1.54) is 11.1 Å². The van der Waals surface area contributed by atoms with Crippen LogP contribution in [-0.2, 0) is 22.6 Å². The summed E-state index contributed by atoms with van der Waals surface area (Å²) in [6, 6.07) is 14.4. The zero-order valence-electron chi connectivity index (χ0n) is 15.4. The van der Waals surface area contributed by atoms with Gasteiger partial charge in [0, 0.05) is 35.2 Å². The van der Waals surface area contributed by atoms with Crippen LogP contribution in [0.1, 0.15) is 41.4 Å². The highest BCUT2D eigenvalue weighted by molar-refractivity contribution is 6.15. The van der Waals surface area contributed by atoms with Crippen LogP contribution >= 0.6 is 0 Å². The zero-order valence-corrected chi connectivity index (χ0v) is 15.4. The number of hydrogen-bond acceptors (Lipinski definition) is 2. The Balaban J connectivity index is 1.58. The number of H-pyrrole nitrogens is 1. The number of nitrogens with one attached hydrogen (secondary N) is 1. The van der Waals surface area contributed by atoms with E-state index in [1.807, 2.05) is 30.5 Å². The van der Waals surface area contributed by atoms with Crippen LogP contribution < -0.4 is 0 Å². The number of para-hydroxylation sites is 2. The number of benzene rings is 2. The van der Waals surface area contributed by atoms with E-state index >= 15 is 0 Å². The lowest BCUT2D eigenvalue weighted by Crippen LogP contribution is -2.14. The van der Waals surface area contributed by atoms with Gasteiger partial charge in [0.2, 0.25) is 0 Å². The van der Waals surface area contributed by atoms with E-state index in [0.29, 0.717) is 0 Å². The SMILES string of the molecule is O=C1CC(=O)[C@@H](c2cn3c4c(cccc24)CCC3)[C@@H]1c1c[nH]c2ccccc12. The van der Waals surface area contributed by atoms with Crippen LogP contribution in [0, 0.1) is 0 Å². The summed E-state index contributed by atoms with van der Waals surface area (Å²) in [6.45, 7) is 0.972. The lowest BCUT2D eigenvalue weighted by molar-refractivity contribution is -0.122. The molecule has 4 heteroatoms. The molecule has 1 aliphatic heterocycles. The molecule has 0 amide bonds. The number of rotatable bonds is 2. The molecule has 28 heavy (non-hydrogen) atoms. The van der Waals surface area contributed by atoms with Crippen molar-refractivity contribution in [1.82, 2.24) is 9.55 Å². The van der Waals surface area contributed by atoms with Crippen LogP contribution in [0.2, 0.25) is 0 Å². The van der Waals surface area contributed by atoms with Gasteiger partial charge in [0.1, 0.15) is 11.6 Å². The van der Waals surface area contributed by atoms with Crippen LogP contribution in [0.5, 0.6) is 0 Å². The van der Waals surface area contributed by atoms with Crippen LogP contribution in [-0.4, -0.2) is 21.1 Å². The third-order valence-corrected chi connectivity index (χ3v) is 6.52. The number of hydrogen-bond donors (Lipinski definition) is 1. The van der Waals surface area contributed by atoms with Crippen molar-refractivity contribution in [2.24, 2.45) is 0 Å². The molecule has 0 radical (unpaired) electrons. The topological polar surface area (TPSA) is 54.9 Å². The number of ketones is 2. The summed E-state index contributed by atoms with van der Waals surface area (Å²) >= 11 is 0. The monoisotopic (exact) mass is 368 g/mol. The van der Waals surface area contributed by atoms with Crippen molar-refractivity contribution in [1.29, 1.82) is 0 Å². The maximum absolute atomic E-state index is 13.0. The summed E-state index contributed by atoms with van der Waals surface area (Å²) in [6.07, 6.45) is 6.27. The van der Waals surface area contributed by atoms with Crippen LogP contribution in [0.4, 0.5) is 0 Å². The van der Waals surface area contributed by atoms with E-state index in [1.54, 1.807) is 0 Å². The van der Waals surface area contributed by atoms with Gasteiger partial charge in [-0.2, -0.15) is 0 Å². The molecule has 0 saturated heterocycles. The molecular weight excluding hydrogens is 348 g/mol. The molecule has 138 valence electrons. The second kappa shape index (κ2) is 5.68. The van der Waals surface area contributed by atoms with E-state index in [9.17, 15) is 9.59 Å². The third-order valence-electron chi connectivity index (χ3n) is 6.52. The average Bonchev–Trinajstić information content (AvgIpc) is 3.37. The number of carbonyl (C=O) groups excluding carboxylic acids is 2. The molecule has 1 aliphatic carbocycles. The highest BCUT2D eigenvalue weighted by Gasteiger charge is 2.45. The van der Waals surface area contributed by atoms with Crippen molar-refractivity contribution in [3.63, 3.8) is 0 Å². The number of aromatic amines is 1. The first-order chi connectivity index (χ1) is 13.7. The highest BCUT2D eigenvalue weighted by Crippen LogP contribution is 2.46. The summed E-state index contributed by atoms with van der Waals surface area (Å²) in [5.74, 6) is -0.730. The zero-order chi connectivity index (χ0) is 18.8. The van der Waals surface area contributed by atoms with Gasteiger partial charge in [0.05, 0.1) is 23.8 Å². The van der Waals surface area contributed by atoms with Crippen molar-refractivity contribution in [3.8, 4) is 0 Å². The molecule has 4 nitrogen and oxygen atoms in total. The molecule has 2 aliphatic rings. The molecule has 2 aromatic carbocycles. The Bertz CT molecular complexity index is 1280. The molecule has 1 saturated carbocycles. The average molecular weight is 368 g/mol. The van der Waals surface area contributed by atoms with Gasteiger partial charge in [-0.15, -0.1) is 0 Å². The molecule has 4 aromatic rings. The molecule has 0 unspecified atom stereocenters. The standard InChI is InChI=1S/C24H20N2O2/c27-20-11-21(28)23(22(20)17-12-25-19-9-2-1-7-15(17)19)18-13-26-10-4-6-14-5-3-8-16(18)24(14)26/h1-3,5,7-9,12-13,22-23,25H,4,6,10-11H2/t22-,23-/m1/s1. The largest absolute Gasteiger partial charge is 0.361 e. The second-order valence-electron chi connectivity index (χ2n) is 8.05. The Morgan fingerprint density at radius 2 is 1.68 bits per heavy atom. The minimum atomic E-state index is -0.410. The minimum Gasteiger partial charge on any atom is -0.361 e. The summed E-state index contributed by atoms with van der Waals surface area (Å²) in [4.78, 5) is 29.3. The second-order valence-corrected chi connectivity index (χ2v) is 8.05. The number of aromatic nitrogens is 2. The summed E-state index contributed by atoms with van der Waals surface area (Å²) in [5, 5.41) is 2.17. The van der Waals surface area contributed by atoms with E-state index in [4.69, 9.17) is 0 Å². The number of nitrogens with zero attached hydrogens (tertiary/aromatic N) is 1. The summed E-state index contributed by atoms with van der Waals surface area (Å²) in [5.41, 5.74) is 5.56. The molecule has 6 rings (SSSR count).